The quantitative estimate of drug-likeness (QED) is 0.607. The van der Waals surface area contributed by atoms with Crippen LogP contribution in [-0.2, 0) is 9.59 Å². The molecule has 34 heavy (non-hydrogen) atoms. The Bertz CT molecular complexity index is 1050. The highest BCUT2D eigenvalue weighted by Gasteiger charge is 2.49. The van der Waals surface area contributed by atoms with Gasteiger partial charge in [-0.1, -0.05) is 30.3 Å². The fourth-order valence-electron chi connectivity index (χ4n) is 5.20. The number of fused-ring (bicyclic) bond motifs is 1. The second kappa shape index (κ2) is 10.2. The van der Waals surface area contributed by atoms with E-state index in [4.69, 9.17) is 0 Å². The summed E-state index contributed by atoms with van der Waals surface area (Å²) in [4.78, 5) is 44.9. The van der Waals surface area contributed by atoms with Gasteiger partial charge in [0.25, 0.3) is 5.91 Å². The van der Waals surface area contributed by atoms with E-state index < -0.39 is 12.0 Å². The number of aromatic nitrogens is 1. The Balaban J connectivity index is 1.42. The first kappa shape index (κ1) is 23.7. The van der Waals surface area contributed by atoms with Crippen molar-refractivity contribution in [3.05, 3.63) is 59.9 Å². The summed E-state index contributed by atoms with van der Waals surface area (Å²) >= 11 is 0. The lowest BCUT2D eigenvalue weighted by Crippen LogP contribution is -2.46. The number of amides is 3. The number of pyridine rings is 1. The van der Waals surface area contributed by atoms with Crippen LogP contribution in [0.1, 0.15) is 41.6 Å². The molecule has 0 bridgehead atoms. The van der Waals surface area contributed by atoms with Crippen LogP contribution >= 0.6 is 0 Å². The molecule has 2 saturated heterocycles. The van der Waals surface area contributed by atoms with Gasteiger partial charge in [0.05, 0.1) is 23.9 Å². The van der Waals surface area contributed by atoms with Crippen molar-refractivity contribution in [1.29, 1.82) is 0 Å². The first-order valence-corrected chi connectivity index (χ1v) is 11.6. The Labute approximate surface area is 198 Å². The first-order valence-electron chi connectivity index (χ1n) is 11.6. The minimum absolute atomic E-state index is 0.00957. The highest BCUT2D eigenvalue weighted by atomic mass is 16.3. The van der Waals surface area contributed by atoms with Crippen molar-refractivity contribution in [1.82, 2.24) is 20.1 Å². The normalized spacial score (nSPS) is 24.3. The lowest BCUT2D eigenvalue weighted by atomic mass is 9.81. The van der Waals surface area contributed by atoms with Gasteiger partial charge in [-0.25, -0.2) is 0 Å². The fraction of sp³-hybridized carbons (Fsp3) is 0.440. The number of nitrogens with one attached hydrogen (secondary N) is 1. The van der Waals surface area contributed by atoms with Gasteiger partial charge >= 0.3 is 0 Å². The molecule has 4 atom stereocenters. The molecule has 2 aliphatic rings. The second-order valence-corrected chi connectivity index (χ2v) is 8.97. The standard InChI is InChI=1S/C25H30N4O5/c1-16(30)29-14-20(17-5-3-2-4-6-17)24-21(29)15-28(10-8-22(24)32)23(33)7-9-27-25(34)18-11-19(31)13-26-12-18/h2-6,11-13,20-22,24,31-32H,7-10,14-15H2,1H3,(H,27,34)/t20-,21+,22+,24-/m0/s1. The number of rotatable bonds is 5. The molecule has 0 saturated carbocycles. The summed E-state index contributed by atoms with van der Waals surface area (Å²) in [5.41, 5.74) is 1.30. The van der Waals surface area contributed by atoms with E-state index in [-0.39, 0.29) is 54.0 Å². The topological polar surface area (TPSA) is 123 Å². The molecule has 0 unspecified atom stereocenters. The molecule has 0 radical (unpaired) electrons. The molecule has 180 valence electrons. The molecule has 0 spiro atoms. The van der Waals surface area contributed by atoms with E-state index in [1.165, 1.54) is 25.4 Å². The molecule has 1 aromatic heterocycles. The third-order valence-electron chi connectivity index (χ3n) is 6.84. The Morgan fingerprint density at radius 2 is 1.91 bits per heavy atom. The van der Waals surface area contributed by atoms with Gasteiger partial charge in [0, 0.05) is 57.6 Å². The lowest BCUT2D eigenvalue weighted by Gasteiger charge is -2.31. The number of aromatic hydroxyl groups is 1. The number of benzene rings is 1. The third-order valence-corrected chi connectivity index (χ3v) is 6.84. The van der Waals surface area contributed by atoms with E-state index in [1.807, 2.05) is 30.3 Å². The summed E-state index contributed by atoms with van der Waals surface area (Å²) in [5, 5.41) is 23.2. The maximum absolute atomic E-state index is 13.0. The minimum atomic E-state index is -0.629. The Hall–Kier alpha value is -3.46. The van der Waals surface area contributed by atoms with Crippen molar-refractivity contribution < 1.29 is 24.6 Å². The van der Waals surface area contributed by atoms with Crippen LogP contribution < -0.4 is 5.32 Å². The maximum atomic E-state index is 13.0. The average molecular weight is 467 g/mol. The van der Waals surface area contributed by atoms with Gasteiger partial charge in [-0.15, -0.1) is 0 Å². The van der Waals surface area contributed by atoms with E-state index in [0.29, 0.717) is 26.1 Å². The van der Waals surface area contributed by atoms with Gasteiger partial charge < -0.3 is 25.3 Å². The fourth-order valence-corrected chi connectivity index (χ4v) is 5.20. The molecule has 3 amide bonds. The molecule has 9 heteroatoms. The zero-order valence-corrected chi connectivity index (χ0v) is 19.1. The molecule has 2 aliphatic heterocycles. The summed E-state index contributed by atoms with van der Waals surface area (Å²) in [7, 11) is 0. The number of hydrogen-bond donors (Lipinski definition) is 3. The van der Waals surface area contributed by atoms with Crippen molar-refractivity contribution in [2.24, 2.45) is 5.92 Å². The van der Waals surface area contributed by atoms with E-state index in [1.54, 1.807) is 9.80 Å². The van der Waals surface area contributed by atoms with Crippen molar-refractivity contribution in [3.8, 4) is 5.75 Å². The highest BCUT2D eigenvalue weighted by molar-refractivity contribution is 5.94. The zero-order valence-electron chi connectivity index (χ0n) is 19.1. The van der Waals surface area contributed by atoms with E-state index in [2.05, 4.69) is 10.3 Å². The monoisotopic (exact) mass is 466 g/mol. The van der Waals surface area contributed by atoms with E-state index >= 15 is 0 Å². The third kappa shape index (κ3) is 5.04. The predicted octanol–water partition coefficient (Wildman–Crippen LogP) is 1.13. The first-order chi connectivity index (χ1) is 16.3. The SMILES string of the molecule is CC(=O)N1C[C@@H](c2ccccc2)[C@@H]2[C@H](O)CCN(C(=O)CCNC(=O)c3cncc(O)c3)C[C@H]21. The lowest BCUT2D eigenvalue weighted by molar-refractivity contribution is -0.135. The number of nitrogens with zero attached hydrogens (tertiary/aromatic N) is 3. The zero-order chi connectivity index (χ0) is 24.2. The number of carbonyl (C=O) groups is 3. The van der Waals surface area contributed by atoms with Gasteiger partial charge in [-0.3, -0.25) is 19.4 Å². The molecule has 9 nitrogen and oxygen atoms in total. The smallest absolute Gasteiger partial charge is 0.252 e. The van der Waals surface area contributed by atoms with Crippen molar-refractivity contribution in [3.63, 3.8) is 0 Å². The van der Waals surface area contributed by atoms with Gasteiger partial charge in [0.15, 0.2) is 0 Å². The number of aliphatic hydroxyl groups excluding tert-OH is 1. The van der Waals surface area contributed by atoms with Crippen LogP contribution in [0.2, 0.25) is 0 Å². The molecular weight excluding hydrogens is 436 g/mol. The minimum Gasteiger partial charge on any atom is -0.506 e. The van der Waals surface area contributed by atoms with Gasteiger partial charge in [0.1, 0.15) is 5.75 Å². The summed E-state index contributed by atoms with van der Waals surface area (Å²) < 4.78 is 0. The summed E-state index contributed by atoms with van der Waals surface area (Å²) in [6.07, 6.45) is 2.47. The van der Waals surface area contributed by atoms with E-state index in [9.17, 15) is 24.6 Å². The van der Waals surface area contributed by atoms with Crippen LogP contribution in [0, 0.1) is 5.92 Å². The molecular formula is C25H30N4O5. The molecule has 3 N–H and O–H groups in total. The summed E-state index contributed by atoms with van der Waals surface area (Å²) in [6.45, 7) is 2.92. The number of aliphatic hydroxyl groups is 1. The number of hydrogen-bond acceptors (Lipinski definition) is 6. The molecule has 2 aromatic rings. The van der Waals surface area contributed by atoms with Crippen LogP contribution in [0.15, 0.2) is 48.8 Å². The summed E-state index contributed by atoms with van der Waals surface area (Å²) in [6, 6.07) is 10.9. The second-order valence-electron chi connectivity index (χ2n) is 8.97. The van der Waals surface area contributed by atoms with Crippen LogP contribution in [0.4, 0.5) is 0 Å². The van der Waals surface area contributed by atoms with Crippen LogP contribution in [0.25, 0.3) is 0 Å². The Morgan fingerprint density at radius 1 is 1.15 bits per heavy atom. The van der Waals surface area contributed by atoms with Crippen LogP contribution in [-0.4, -0.2) is 81.0 Å². The van der Waals surface area contributed by atoms with Gasteiger partial charge in [-0.2, -0.15) is 0 Å². The van der Waals surface area contributed by atoms with Crippen LogP contribution in [0.5, 0.6) is 5.75 Å². The molecule has 3 heterocycles. The molecule has 2 fully saturated rings. The van der Waals surface area contributed by atoms with Gasteiger partial charge in [0.2, 0.25) is 11.8 Å². The largest absolute Gasteiger partial charge is 0.506 e. The number of likely N-dealkylation sites (tertiary alicyclic amines) is 2. The maximum Gasteiger partial charge on any atom is 0.252 e. The summed E-state index contributed by atoms with van der Waals surface area (Å²) in [5.74, 6) is -0.887. The molecule has 1 aromatic carbocycles. The van der Waals surface area contributed by atoms with Crippen molar-refractivity contribution >= 4 is 17.7 Å². The van der Waals surface area contributed by atoms with E-state index in [0.717, 1.165) is 5.56 Å². The Morgan fingerprint density at radius 3 is 2.62 bits per heavy atom. The van der Waals surface area contributed by atoms with Gasteiger partial charge in [-0.05, 0) is 18.1 Å². The van der Waals surface area contributed by atoms with Crippen LogP contribution in [0.3, 0.4) is 0 Å². The highest BCUT2D eigenvalue weighted by Crippen LogP contribution is 2.42. The molecule has 0 aliphatic carbocycles. The van der Waals surface area contributed by atoms with Crippen molar-refractivity contribution in [2.45, 2.75) is 37.8 Å². The van der Waals surface area contributed by atoms with Crippen molar-refractivity contribution in [2.75, 3.05) is 26.2 Å². The molecule has 4 rings (SSSR count). The number of carbonyl (C=O) groups excluding carboxylic acids is 3. The Kier molecular flexibility index (Phi) is 7.12. The average Bonchev–Trinajstić information content (AvgIpc) is 3.13. The predicted molar refractivity (Wildman–Crippen MR) is 124 cm³/mol.